The predicted octanol–water partition coefficient (Wildman–Crippen LogP) is 2.99. The summed E-state index contributed by atoms with van der Waals surface area (Å²) in [5.41, 5.74) is 0.849. The summed E-state index contributed by atoms with van der Waals surface area (Å²) in [4.78, 5) is 6.57. The minimum atomic E-state index is -0.456. The highest BCUT2D eigenvalue weighted by Crippen LogP contribution is 2.36. The van der Waals surface area contributed by atoms with E-state index in [-0.39, 0.29) is 0 Å². The fraction of sp³-hybridized carbons (Fsp3) is 0.706. The molecule has 2 aliphatic rings. The average molecular weight is 274 g/mol. The van der Waals surface area contributed by atoms with Crippen LogP contribution in [0.1, 0.15) is 51.0 Å². The van der Waals surface area contributed by atoms with Crippen molar-refractivity contribution in [1.82, 2.24) is 9.88 Å². The third-order valence-corrected chi connectivity index (χ3v) is 4.90. The number of hydrogen-bond donors (Lipinski definition) is 1. The molecule has 0 amide bonds. The van der Waals surface area contributed by atoms with Crippen LogP contribution in [0.25, 0.3) is 0 Å². The van der Waals surface area contributed by atoms with Gasteiger partial charge in [-0.15, -0.1) is 0 Å². The lowest BCUT2D eigenvalue weighted by atomic mass is 9.79. The third kappa shape index (κ3) is 3.58. The van der Waals surface area contributed by atoms with E-state index in [2.05, 4.69) is 28.9 Å². The first-order chi connectivity index (χ1) is 9.65. The lowest BCUT2D eigenvalue weighted by Crippen LogP contribution is -2.45. The SMILES string of the molecule is CC1CCC(O)(CN(Cc2ccncc2)C2CC2)CC1. The molecule has 1 N–H and O–H groups in total. The minimum Gasteiger partial charge on any atom is -0.389 e. The van der Waals surface area contributed by atoms with Crippen molar-refractivity contribution in [3.05, 3.63) is 30.1 Å². The van der Waals surface area contributed by atoms with E-state index < -0.39 is 5.60 Å². The molecule has 110 valence electrons. The van der Waals surface area contributed by atoms with E-state index in [1.165, 1.54) is 31.2 Å². The van der Waals surface area contributed by atoms with Gasteiger partial charge in [0.05, 0.1) is 5.60 Å². The Morgan fingerprint density at radius 2 is 1.85 bits per heavy atom. The first-order valence-electron chi connectivity index (χ1n) is 8.00. The summed E-state index contributed by atoms with van der Waals surface area (Å²) < 4.78 is 0. The summed E-state index contributed by atoms with van der Waals surface area (Å²) in [6.07, 6.45) is 10.6. The van der Waals surface area contributed by atoms with Crippen LogP contribution in [-0.2, 0) is 6.54 Å². The van der Waals surface area contributed by atoms with Crippen LogP contribution in [0.2, 0.25) is 0 Å². The van der Waals surface area contributed by atoms with E-state index in [1.807, 2.05) is 12.4 Å². The first kappa shape index (κ1) is 14.0. The van der Waals surface area contributed by atoms with Crippen molar-refractivity contribution in [3.8, 4) is 0 Å². The van der Waals surface area contributed by atoms with Gasteiger partial charge in [-0.05, 0) is 62.1 Å². The number of nitrogens with zero attached hydrogens (tertiary/aromatic N) is 2. The number of aliphatic hydroxyl groups is 1. The van der Waals surface area contributed by atoms with Crippen LogP contribution in [0.5, 0.6) is 0 Å². The molecule has 3 rings (SSSR count). The standard InChI is InChI=1S/C17H26N2O/c1-14-4-8-17(20,9-5-14)13-19(16-2-3-16)12-15-6-10-18-11-7-15/h6-7,10-11,14,16,20H,2-5,8-9,12-13H2,1H3. The Morgan fingerprint density at radius 1 is 1.20 bits per heavy atom. The summed E-state index contributed by atoms with van der Waals surface area (Å²) in [6, 6.07) is 4.86. The quantitative estimate of drug-likeness (QED) is 0.896. The lowest BCUT2D eigenvalue weighted by molar-refractivity contribution is -0.0387. The number of pyridine rings is 1. The van der Waals surface area contributed by atoms with Crippen molar-refractivity contribution < 1.29 is 5.11 Å². The molecule has 0 aliphatic heterocycles. The Bertz CT molecular complexity index is 422. The van der Waals surface area contributed by atoms with E-state index in [1.54, 1.807) is 0 Å². The van der Waals surface area contributed by atoms with Crippen LogP contribution in [-0.4, -0.2) is 33.2 Å². The topological polar surface area (TPSA) is 36.4 Å². The van der Waals surface area contributed by atoms with Gasteiger partial charge in [0.1, 0.15) is 0 Å². The first-order valence-corrected chi connectivity index (χ1v) is 8.00. The summed E-state index contributed by atoms with van der Waals surface area (Å²) >= 11 is 0. The molecule has 2 saturated carbocycles. The normalized spacial score (nSPS) is 30.6. The molecule has 1 aromatic heterocycles. The maximum absolute atomic E-state index is 10.9. The second-order valence-corrected chi connectivity index (χ2v) is 6.90. The van der Waals surface area contributed by atoms with Gasteiger partial charge in [0.2, 0.25) is 0 Å². The van der Waals surface area contributed by atoms with Gasteiger partial charge in [-0.2, -0.15) is 0 Å². The average Bonchev–Trinajstić information content (AvgIpc) is 3.28. The van der Waals surface area contributed by atoms with Crippen molar-refractivity contribution in [2.24, 2.45) is 5.92 Å². The highest BCUT2D eigenvalue weighted by molar-refractivity contribution is 5.10. The molecular formula is C17H26N2O. The zero-order chi connectivity index (χ0) is 14.0. The summed E-state index contributed by atoms with van der Waals surface area (Å²) in [5, 5.41) is 10.9. The van der Waals surface area contributed by atoms with Crippen LogP contribution < -0.4 is 0 Å². The molecule has 20 heavy (non-hydrogen) atoms. The summed E-state index contributed by atoms with van der Waals surface area (Å²) in [7, 11) is 0. The van der Waals surface area contributed by atoms with Crippen molar-refractivity contribution in [2.45, 2.75) is 63.6 Å². The minimum absolute atomic E-state index is 0.456. The van der Waals surface area contributed by atoms with Crippen molar-refractivity contribution >= 4 is 0 Å². The van der Waals surface area contributed by atoms with Gasteiger partial charge in [-0.3, -0.25) is 9.88 Å². The predicted molar refractivity (Wildman–Crippen MR) is 80.3 cm³/mol. The molecule has 2 fully saturated rings. The molecule has 1 aromatic rings. The van der Waals surface area contributed by atoms with Gasteiger partial charge in [-0.25, -0.2) is 0 Å². The maximum Gasteiger partial charge on any atom is 0.0774 e. The van der Waals surface area contributed by atoms with E-state index in [0.29, 0.717) is 6.04 Å². The van der Waals surface area contributed by atoms with Gasteiger partial charge in [0.25, 0.3) is 0 Å². The van der Waals surface area contributed by atoms with Gasteiger partial charge in [0, 0.05) is 31.5 Å². The van der Waals surface area contributed by atoms with Crippen LogP contribution in [0.3, 0.4) is 0 Å². The van der Waals surface area contributed by atoms with Crippen molar-refractivity contribution in [3.63, 3.8) is 0 Å². The van der Waals surface area contributed by atoms with Gasteiger partial charge >= 0.3 is 0 Å². The van der Waals surface area contributed by atoms with Crippen molar-refractivity contribution in [1.29, 1.82) is 0 Å². The Balaban J connectivity index is 1.63. The molecule has 0 bridgehead atoms. The lowest BCUT2D eigenvalue weighted by Gasteiger charge is -2.39. The second-order valence-electron chi connectivity index (χ2n) is 6.90. The second kappa shape index (κ2) is 5.82. The molecule has 3 nitrogen and oxygen atoms in total. The maximum atomic E-state index is 10.9. The monoisotopic (exact) mass is 274 g/mol. The van der Waals surface area contributed by atoms with Crippen LogP contribution in [0.15, 0.2) is 24.5 Å². The largest absolute Gasteiger partial charge is 0.389 e. The van der Waals surface area contributed by atoms with Gasteiger partial charge in [-0.1, -0.05) is 6.92 Å². The molecule has 1 heterocycles. The molecule has 0 saturated heterocycles. The molecule has 2 aliphatic carbocycles. The highest BCUT2D eigenvalue weighted by Gasteiger charge is 2.38. The Hall–Kier alpha value is -0.930. The van der Waals surface area contributed by atoms with E-state index in [4.69, 9.17) is 0 Å². The molecule has 0 radical (unpaired) electrons. The summed E-state index contributed by atoms with van der Waals surface area (Å²) in [6.45, 7) is 4.09. The van der Waals surface area contributed by atoms with Gasteiger partial charge in [0.15, 0.2) is 0 Å². The molecular weight excluding hydrogens is 248 g/mol. The molecule has 0 aromatic carbocycles. The van der Waals surface area contributed by atoms with E-state index in [9.17, 15) is 5.11 Å². The smallest absolute Gasteiger partial charge is 0.0774 e. The summed E-state index contributed by atoms with van der Waals surface area (Å²) in [5.74, 6) is 0.782. The Kier molecular flexibility index (Phi) is 4.08. The number of aromatic nitrogens is 1. The highest BCUT2D eigenvalue weighted by atomic mass is 16.3. The zero-order valence-electron chi connectivity index (χ0n) is 12.5. The molecule has 3 heteroatoms. The van der Waals surface area contributed by atoms with E-state index >= 15 is 0 Å². The third-order valence-electron chi connectivity index (χ3n) is 4.90. The van der Waals surface area contributed by atoms with E-state index in [0.717, 1.165) is 31.8 Å². The fourth-order valence-electron chi connectivity index (χ4n) is 3.31. The van der Waals surface area contributed by atoms with Crippen LogP contribution in [0, 0.1) is 5.92 Å². The van der Waals surface area contributed by atoms with Crippen molar-refractivity contribution in [2.75, 3.05) is 6.54 Å². The Labute approximate surface area is 122 Å². The fourth-order valence-corrected chi connectivity index (χ4v) is 3.31. The van der Waals surface area contributed by atoms with Crippen LogP contribution in [0.4, 0.5) is 0 Å². The van der Waals surface area contributed by atoms with Gasteiger partial charge < -0.3 is 5.11 Å². The number of hydrogen-bond acceptors (Lipinski definition) is 3. The Morgan fingerprint density at radius 3 is 2.45 bits per heavy atom. The molecule has 0 spiro atoms. The number of rotatable bonds is 5. The zero-order valence-corrected chi connectivity index (χ0v) is 12.5. The van der Waals surface area contributed by atoms with Crippen LogP contribution >= 0.6 is 0 Å². The molecule has 0 unspecified atom stereocenters. The molecule has 0 atom stereocenters.